The largest absolute Gasteiger partial charge is 0.471 e. The van der Waals surface area contributed by atoms with Crippen molar-refractivity contribution in [1.82, 2.24) is 0 Å². The fourth-order valence-corrected chi connectivity index (χ4v) is 4.12. The van der Waals surface area contributed by atoms with Crippen molar-refractivity contribution in [2.24, 2.45) is 5.41 Å². The summed E-state index contributed by atoms with van der Waals surface area (Å²) in [5.41, 5.74) is -0.739. The molecular formula is C24H36O7. The van der Waals surface area contributed by atoms with Crippen molar-refractivity contribution in [3.8, 4) is 0 Å². The number of carbonyl (C=O) groups is 2. The van der Waals surface area contributed by atoms with E-state index in [0.717, 1.165) is 12.8 Å². The van der Waals surface area contributed by atoms with Gasteiger partial charge in [-0.2, -0.15) is 0 Å². The van der Waals surface area contributed by atoms with Gasteiger partial charge in [-0.3, -0.25) is 0 Å². The highest BCUT2D eigenvalue weighted by Crippen LogP contribution is 2.52. The van der Waals surface area contributed by atoms with Crippen molar-refractivity contribution in [2.75, 3.05) is 13.9 Å². The molecule has 0 N–H and O–H groups in total. The zero-order chi connectivity index (χ0) is 23.3. The van der Waals surface area contributed by atoms with Gasteiger partial charge in [0.25, 0.3) is 0 Å². The molecule has 0 fully saturated rings. The molecule has 1 atom stereocenters. The van der Waals surface area contributed by atoms with Crippen molar-refractivity contribution in [1.29, 1.82) is 0 Å². The zero-order valence-corrected chi connectivity index (χ0v) is 19.7. The van der Waals surface area contributed by atoms with E-state index in [0.29, 0.717) is 42.8 Å². The maximum Gasteiger partial charge on any atom is 0.338 e. The molecule has 174 valence electrons. The molecule has 31 heavy (non-hydrogen) atoms. The normalized spacial score (nSPS) is 23.0. The third kappa shape index (κ3) is 6.86. The number of allylic oxidation sites excluding steroid dienone is 3. The van der Waals surface area contributed by atoms with E-state index in [1.165, 1.54) is 13.2 Å². The van der Waals surface area contributed by atoms with Crippen LogP contribution in [0.2, 0.25) is 0 Å². The molecule has 0 aromatic rings. The topological polar surface area (TPSA) is 80.3 Å². The van der Waals surface area contributed by atoms with Crippen LogP contribution in [0.3, 0.4) is 0 Å². The molecule has 0 saturated carbocycles. The molecule has 0 saturated heterocycles. The summed E-state index contributed by atoms with van der Waals surface area (Å²) in [4.78, 5) is 25.4. The highest BCUT2D eigenvalue weighted by molar-refractivity contribution is 5.92. The number of hydrogen-bond donors (Lipinski definition) is 0. The summed E-state index contributed by atoms with van der Waals surface area (Å²) in [6.07, 6.45) is 7.18. The molecule has 0 aromatic carbocycles. The Morgan fingerprint density at radius 1 is 1.29 bits per heavy atom. The molecule has 1 heterocycles. The Labute approximate surface area is 185 Å². The Hall–Kier alpha value is -2.28. The summed E-state index contributed by atoms with van der Waals surface area (Å²) in [6.45, 7) is 12.7. The number of carbonyl (C=O) groups excluding carboxylic acids is 2. The summed E-state index contributed by atoms with van der Waals surface area (Å²) in [5, 5.41) is 0. The Morgan fingerprint density at radius 3 is 2.58 bits per heavy atom. The molecule has 1 aliphatic heterocycles. The van der Waals surface area contributed by atoms with Gasteiger partial charge in [-0.15, -0.1) is 6.58 Å². The van der Waals surface area contributed by atoms with Gasteiger partial charge >= 0.3 is 11.9 Å². The molecule has 7 nitrogen and oxygen atoms in total. The average Bonchev–Trinajstić information content (AvgIpc) is 2.95. The number of rotatable bonds is 10. The second-order valence-corrected chi connectivity index (χ2v) is 9.52. The van der Waals surface area contributed by atoms with Crippen LogP contribution in [0, 0.1) is 5.41 Å². The molecule has 2 rings (SSSR count). The van der Waals surface area contributed by atoms with E-state index in [9.17, 15) is 9.59 Å². The summed E-state index contributed by atoms with van der Waals surface area (Å²) < 4.78 is 27.8. The summed E-state index contributed by atoms with van der Waals surface area (Å²) in [6, 6.07) is 0. The lowest BCUT2D eigenvalue weighted by Crippen LogP contribution is -2.37. The van der Waals surface area contributed by atoms with Gasteiger partial charge in [0.05, 0.1) is 11.6 Å². The van der Waals surface area contributed by atoms with Crippen molar-refractivity contribution >= 4 is 11.9 Å². The minimum atomic E-state index is -1.06. The number of hydrogen-bond acceptors (Lipinski definition) is 7. The van der Waals surface area contributed by atoms with Crippen LogP contribution in [0.1, 0.15) is 73.1 Å². The molecule has 0 radical (unpaired) electrons. The SMILES string of the molecule is C=CCCCC1(CC2=CC(=O)OC(C)(C)O2)CCC(OCOC)=C1C(=O)OC(C)(C)C. The van der Waals surface area contributed by atoms with Crippen LogP contribution in [0.4, 0.5) is 0 Å². The Bertz CT molecular complexity index is 754. The second kappa shape index (κ2) is 9.90. The highest BCUT2D eigenvalue weighted by Gasteiger charge is 2.48. The first-order valence-electron chi connectivity index (χ1n) is 10.7. The first-order chi connectivity index (χ1) is 14.4. The van der Waals surface area contributed by atoms with E-state index >= 15 is 0 Å². The third-order valence-corrected chi connectivity index (χ3v) is 5.17. The Kier molecular flexibility index (Phi) is 7.98. The second-order valence-electron chi connectivity index (χ2n) is 9.52. The molecule has 0 bridgehead atoms. The van der Waals surface area contributed by atoms with Crippen LogP contribution in [-0.2, 0) is 33.3 Å². The fourth-order valence-electron chi connectivity index (χ4n) is 4.12. The lowest BCUT2D eigenvalue weighted by molar-refractivity contribution is -0.207. The van der Waals surface area contributed by atoms with Gasteiger partial charge in [0.1, 0.15) is 17.1 Å². The van der Waals surface area contributed by atoms with Crippen molar-refractivity contribution in [3.05, 3.63) is 35.8 Å². The predicted molar refractivity (Wildman–Crippen MR) is 116 cm³/mol. The first-order valence-corrected chi connectivity index (χ1v) is 10.7. The van der Waals surface area contributed by atoms with Crippen molar-refractivity contribution in [3.63, 3.8) is 0 Å². The first kappa shape index (κ1) is 25.0. The van der Waals surface area contributed by atoms with Gasteiger partial charge in [-0.25, -0.2) is 9.59 Å². The average molecular weight is 437 g/mol. The fraction of sp³-hybridized carbons (Fsp3) is 0.667. The number of methoxy groups -OCH3 is 1. The van der Waals surface area contributed by atoms with E-state index in [1.54, 1.807) is 13.8 Å². The van der Waals surface area contributed by atoms with Gasteiger partial charge in [-0.1, -0.05) is 6.08 Å². The molecule has 1 aliphatic carbocycles. The highest BCUT2D eigenvalue weighted by atomic mass is 16.7. The number of esters is 2. The third-order valence-electron chi connectivity index (χ3n) is 5.17. The van der Waals surface area contributed by atoms with Gasteiger partial charge in [-0.05, 0) is 46.5 Å². The monoisotopic (exact) mass is 436 g/mol. The predicted octanol–water partition coefficient (Wildman–Crippen LogP) is 4.92. The molecule has 0 aromatic heterocycles. The lowest BCUT2D eigenvalue weighted by atomic mass is 9.73. The summed E-state index contributed by atoms with van der Waals surface area (Å²) in [5.74, 6) is -0.855. The van der Waals surface area contributed by atoms with Crippen LogP contribution >= 0.6 is 0 Å². The maximum atomic E-state index is 13.3. The van der Waals surface area contributed by atoms with Crippen LogP contribution in [0.5, 0.6) is 0 Å². The van der Waals surface area contributed by atoms with Gasteiger partial charge in [0.2, 0.25) is 5.79 Å². The Morgan fingerprint density at radius 2 is 2.00 bits per heavy atom. The molecule has 7 heteroatoms. The quantitative estimate of drug-likeness (QED) is 0.208. The van der Waals surface area contributed by atoms with Crippen LogP contribution in [-0.4, -0.2) is 37.2 Å². The van der Waals surface area contributed by atoms with E-state index in [1.807, 2.05) is 26.8 Å². The zero-order valence-electron chi connectivity index (χ0n) is 19.7. The minimum absolute atomic E-state index is 0.0446. The van der Waals surface area contributed by atoms with E-state index in [-0.39, 0.29) is 6.79 Å². The maximum absolute atomic E-state index is 13.3. The molecule has 0 spiro atoms. The van der Waals surface area contributed by atoms with Gasteiger partial charge in [0, 0.05) is 39.2 Å². The molecule has 0 amide bonds. The number of ether oxygens (including phenoxy) is 5. The van der Waals surface area contributed by atoms with Crippen LogP contribution < -0.4 is 0 Å². The molecule has 2 aliphatic rings. The summed E-state index contributed by atoms with van der Waals surface area (Å²) in [7, 11) is 1.54. The van der Waals surface area contributed by atoms with Crippen molar-refractivity contribution in [2.45, 2.75) is 84.5 Å². The van der Waals surface area contributed by atoms with Crippen LogP contribution in [0.15, 0.2) is 35.8 Å². The standard InChI is InChI=1S/C24H36O7/c1-8-9-10-12-24(15-17-14-19(25)30-23(5,6)29-17)13-11-18(28-16-27-7)20(24)21(26)31-22(2,3)4/h8,14H,1,9-13,15-16H2,2-7H3. The molecular weight excluding hydrogens is 400 g/mol. The van der Waals surface area contributed by atoms with Crippen molar-refractivity contribution < 1.29 is 33.3 Å². The van der Waals surface area contributed by atoms with Crippen LogP contribution in [0.25, 0.3) is 0 Å². The Balaban J connectivity index is 2.47. The van der Waals surface area contributed by atoms with Gasteiger partial charge < -0.3 is 23.7 Å². The van der Waals surface area contributed by atoms with E-state index < -0.39 is 28.7 Å². The van der Waals surface area contributed by atoms with Gasteiger partial charge in [0.15, 0.2) is 6.79 Å². The minimum Gasteiger partial charge on any atom is -0.471 e. The molecule has 1 unspecified atom stereocenters. The summed E-state index contributed by atoms with van der Waals surface area (Å²) >= 11 is 0. The smallest absolute Gasteiger partial charge is 0.338 e. The number of cyclic esters (lactones) is 1. The van der Waals surface area contributed by atoms with E-state index in [4.69, 9.17) is 23.7 Å². The lowest BCUT2D eigenvalue weighted by Gasteiger charge is -2.37. The number of unbranched alkanes of at least 4 members (excludes halogenated alkanes) is 1. The van der Waals surface area contributed by atoms with E-state index in [2.05, 4.69) is 6.58 Å².